The molecule has 31 heavy (non-hydrogen) atoms. The summed E-state index contributed by atoms with van der Waals surface area (Å²) in [5.74, 6) is 1.85. The number of hydrogen-bond donors (Lipinski definition) is 0. The van der Waals surface area contributed by atoms with Crippen molar-refractivity contribution in [3.8, 4) is 0 Å². The van der Waals surface area contributed by atoms with Crippen molar-refractivity contribution in [2.45, 2.75) is 52.4 Å². The van der Waals surface area contributed by atoms with Gasteiger partial charge in [-0.3, -0.25) is 9.36 Å². The van der Waals surface area contributed by atoms with E-state index >= 15 is 0 Å². The zero-order valence-corrected chi connectivity index (χ0v) is 20.0. The second-order valence-corrected chi connectivity index (χ2v) is 9.42. The van der Waals surface area contributed by atoms with E-state index in [4.69, 9.17) is 4.74 Å². The summed E-state index contributed by atoms with van der Waals surface area (Å²) in [5.41, 5.74) is 2.39. The van der Waals surface area contributed by atoms with Gasteiger partial charge in [-0.05, 0) is 24.8 Å². The third-order valence-corrected chi connectivity index (χ3v) is 6.16. The van der Waals surface area contributed by atoms with Crippen molar-refractivity contribution >= 4 is 23.6 Å². The SMILES string of the molecule is CCCN(Cc1ccc(C)cc1)C(=O)CSc1nnc(N2CCOCC2)n1CC(C)C. The number of thioether (sulfide) groups is 1. The highest BCUT2D eigenvalue weighted by molar-refractivity contribution is 7.99. The molecule has 1 aromatic heterocycles. The van der Waals surface area contributed by atoms with E-state index in [9.17, 15) is 4.79 Å². The summed E-state index contributed by atoms with van der Waals surface area (Å²) in [6.45, 7) is 13.8. The third kappa shape index (κ3) is 6.71. The highest BCUT2D eigenvalue weighted by atomic mass is 32.2. The van der Waals surface area contributed by atoms with E-state index in [2.05, 4.69) is 71.6 Å². The normalized spacial score (nSPS) is 14.3. The van der Waals surface area contributed by atoms with Crippen LogP contribution < -0.4 is 4.90 Å². The molecule has 170 valence electrons. The average molecular weight is 446 g/mol. The third-order valence-electron chi connectivity index (χ3n) is 5.20. The summed E-state index contributed by atoms with van der Waals surface area (Å²) in [6, 6.07) is 8.40. The van der Waals surface area contributed by atoms with Gasteiger partial charge < -0.3 is 14.5 Å². The van der Waals surface area contributed by atoms with Crippen LogP contribution in [-0.4, -0.2) is 64.2 Å². The minimum atomic E-state index is 0.138. The van der Waals surface area contributed by atoms with E-state index in [-0.39, 0.29) is 5.91 Å². The molecular weight excluding hydrogens is 410 g/mol. The smallest absolute Gasteiger partial charge is 0.233 e. The van der Waals surface area contributed by atoms with Crippen LogP contribution in [0.5, 0.6) is 0 Å². The fraction of sp³-hybridized carbons (Fsp3) is 0.609. The Balaban J connectivity index is 1.68. The van der Waals surface area contributed by atoms with Gasteiger partial charge in [-0.1, -0.05) is 62.4 Å². The summed E-state index contributed by atoms with van der Waals surface area (Å²) < 4.78 is 7.64. The van der Waals surface area contributed by atoms with Gasteiger partial charge in [0, 0.05) is 32.7 Å². The maximum absolute atomic E-state index is 13.0. The van der Waals surface area contributed by atoms with Gasteiger partial charge in [-0.25, -0.2) is 0 Å². The molecule has 0 atom stereocenters. The fourth-order valence-corrected chi connectivity index (χ4v) is 4.45. The molecule has 1 aromatic carbocycles. The van der Waals surface area contributed by atoms with Gasteiger partial charge in [0.15, 0.2) is 5.16 Å². The molecule has 8 heteroatoms. The van der Waals surface area contributed by atoms with E-state index in [0.717, 1.165) is 49.3 Å². The van der Waals surface area contributed by atoms with Gasteiger partial charge in [-0.15, -0.1) is 10.2 Å². The first-order valence-electron chi connectivity index (χ1n) is 11.2. The monoisotopic (exact) mass is 445 g/mol. The summed E-state index contributed by atoms with van der Waals surface area (Å²) in [6.07, 6.45) is 0.937. The van der Waals surface area contributed by atoms with Crippen molar-refractivity contribution in [3.05, 3.63) is 35.4 Å². The molecule has 2 heterocycles. The van der Waals surface area contributed by atoms with Crippen molar-refractivity contribution in [1.82, 2.24) is 19.7 Å². The molecule has 7 nitrogen and oxygen atoms in total. The molecule has 0 bridgehead atoms. The van der Waals surface area contributed by atoms with Crippen LogP contribution in [0.25, 0.3) is 0 Å². The number of hydrogen-bond acceptors (Lipinski definition) is 6. The van der Waals surface area contributed by atoms with Crippen LogP contribution >= 0.6 is 11.8 Å². The first-order valence-corrected chi connectivity index (χ1v) is 12.2. The molecule has 0 saturated carbocycles. The predicted octanol–water partition coefficient (Wildman–Crippen LogP) is 3.61. The maximum Gasteiger partial charge on any atom is 0.233 e. The van der Waals surface area contributed by atoms with Gasteiger partial charge in [0.25, 0.3) is 0 Å². The Morgan fingerprint density at radius 2 is 1.90 bits per heavy atom. The second-order valence-electron chi connectivity index (χ2n) is 8.48. The molecule has 3 rings (SSSR count). The molecule has 2 aromatic rings. The number of anilines is 1. The Labute approximate surface area is 190 Å². The first-order chi connectivity index (χ1) is 15.0. The largest absolute Gasteiger partial charge is 0.378 e. The van der Waals surface area contributed by atoms with Crippen LogP contribution in [0.2, 0.25) is 0 Å². The Hall–Kier alpha value is -2.06. The van der Waals surface area contributed by atoms with E-state index in [1.54, 1.807) is 0 Å². The number of carbonyl (C=O) groups is 1. The van der Waals surface area contributed by atoms with E-state index in [0.29, 0.717) is 31.4 Å². The second kappa shape index (κ2) is 11.5. The molecule has 1 fully saturated rings. The van der Waals surface area contributed by atoms with E-state index in [1.165, 1.54) is 17.3 Å². The number of aryl methyl sites for hydroxylation is 1. The molecule has 0 spiro atoms. The van der Waals surface area contributed by atoms with Gasteiger partial charge in [0.05, 0.1) is 19.0 Å². The maximum atomic E-state index is 13.0. The predicted molar refractivity (Wildman–Crippen MR) is 126 cm³/mol. The number of benzene rings is 1. The van der Waals surface area contributed by atoms with Gasteiger partial charge in [0.1, 0.15) is 0 Å². The summed E-state index contributed by atoms with van der Waals surface area (Å²) in [5, 5.41) is 9.72. The molecule has 1 amide bonds. The van der Waals surface area contributed by atoms with Crippen LogP contribution in [0.4, 0.5) is 5.95 Å². The van der Waals surface area contributed by atoms with Crippen LogP contribution in [0, 0.1) is 12.8 Å². The summed E-state index contributed by atoms with van der Waals surface area (Å²) in [7, 11) is 0. The lowest BCUT2D eigenvalue weighted by Crippen LogP contribution is -2.38. The Bertz CT molecular complexity index is 831. The molecule has 0 aliphatic carbocycles. The molecular formula is C23H35N5O2S. The highest BCUT2D eigenvalue weighted by Gasteiger charge is 2.22. The van der Waals surface area contributed by atoms with Gasteiger partial charge in [0.2, 0.25) is 11.9 Å². The van der Waals surface area contributed by atoms with Crippen LogP contribution in [0.3, 0.4) is 0 Å². The molecule has 1 aliphatic heterocycles. The Morgan fingerprint density at radius 3 is 2.55 bits per heavy atom. The van der Waals surface area contributed by atoms with E-state index < -0.39 is 0 Å². The lowest BCUT2D eigenvalue weighted by molar-refractivity contribution is -0.129. The van der Waals surface area contributed by atoms with Gasteiger partial charge in [-0.2, -0.15) is 0 Å². The molecule has 1 aliphatic rings. The average Bonchev–Trinajstić information content (AvgIpc) is 3.15. The van der Waals surface area contributed by atoms with Crippen molar-refractivity contribution in [1.29, 1.82) is 0 Å². The van der Waals surface area contributed by atoms with E-state index in [1.807, 2.05) is 4.90 Å². The van der Waals surface area contributed by atoms with Crippen molar-refractivity contribution in [3.63, 3.8) is 0 Å². The van der Waals surface area contributed by atoms with Gasteiger partial charge >= 0.3 is 0 Å². The number of rotatable bonds is 10. The number of morpholine rings is 1. The summed E-state index contributed by atoms with van der Waals surface area (Å²) >= 11 is 1.49. The summed E-state index contributed by atoms with van der Waals surface area (Å²) in [4.78, 5) is 17.2. The number of nitrogens with zero attached hydrogens (tertiary/aromatic N) is 5. The van der Waals surface area contributed by atoms with Crippen LogP contribution in [0.15, 0.2) is 29.4 Å². The topological polar surface area (TPSA) is 63.5 Å². The quantitative estimate of drug-likeness (QED) is 0.521. The highest BCUT2D eigenvalue weighted by Crippen LogP contribution is 2.24. The lowest BCUT2D eigenvalue weighted by Gasteiger charge is -2.28. The zero-order valence-electron chi connectivity index (χ0n) is 19.2. The lowest BCUT2D eigenvalue weighted by atomic mass is 10.1. The van der Waals surface area contributed by atoms with Crippen LogP contribution in [0.1, 0.15) is 38.3 Å². The molecule has 1 saturated heterocycles. The fourth-order valence-electron chi connectivity index (χ4n) is 3.60. The van der Waals surface area contributed by atoms with Crippen LogP contribution in [-0.2, 0) is 22.6 Å². The number of ether oxygens (including phenoxy) is 1. The Morgan fingerprint density at radius 1 is 1.19 bits per heavy atom. The minimum absolute atomic E-state index is 0.138. The first kappa shape index (κ1) is 23.6. The molecule has 0 N–H and O–H groups in total. The van der Waals surface area contributed by atoms with Crippen molar-refractivity contribution < 1.29 is 9.53 Å². The standard InChI is InChI=1S/C23H35N5O2S/c1-5-10-27(16-20-8-6-19(4)7-9-20)21(29)17-31-23-25-24-22(28(23)15-18(2)3)26-11-13-30-14-12-26/h6-9,18H,5,10-17H2,1-4H3. The molecule has 0 unspecified atom stereocenters. The Kier molecular flexibility index (Phi) is 8.78. The van der Waals surface area contributed by atoms with Crippen molar-refractivity contribution in [2.75, 3.05) is 43.5 Å². The minimum Gasteiger partial charge on any atom is -0.378 e. The number of amides is 1. The molecule has 0 radical (unpaired) electrons. The number of aromatic nitrogens is 3. The zero-order chi connectivity index (χ0) is 22.2. The van der Waals surface area contributed by atoms with Crippen molar-refractivity contribution in [2.24, 2.45) is 5.92 Å². The number of carbonyl (C=O) groups excluding carboxylic acids is 1.